The molecule has 8 heteroatoms. The van der Waals surface area contributed by atoms with Gasteiger partial charge in [-0.3, -0.25) is 9.69 Å². The van der Waals surface area contributed by atoms with E-state index in [4.69, 9.17) is 5.73 Å². The number of nitrogens with two attached hydrogens (primary N) is 1. The van der Waals surface area contributed by atoms with Crippen LogP contribution in [0.3, 0.4) is 0 Å². The molecule has 0 radical (unpaired) electrons. The third-order valence-electron chi connectivity index (χ3n) is 5.09. The molecule has 5 nitrogen and oxygen atoms in total. The molecule has 1 saturated heterocycles. The summed E-state index contributed by atoms with van der Waals surface area (Å²) in [5.41, 5.74) is 5.98. The van der Waals surface area contributed by atoms with Gasteiger partial charge < -0.3 is 16.0 Å². The zero-order chi connectivity index (χ0) is 15.5. The molecular weight excluding hydrogens is 371 g/mol. The highest BCUT2D eigenvalue weighted by Crippen LogP contribution is 2.31. The second-order valence-corrected chi connectivity index (χ2v) is 7.32. The first-order valence-corrected chi connectivity index (χ1v) is 8.38. The van der Waals surface area contributed by atoms with Crippen molar-refractivity contribution in [2.45, 2.75) is 51.1 Å². The standard InChI is InChI=1S/C16H32N4O.3ClH/c1-13(12-20-10-8-19(3)9-11-20)18-15(21)14-6-4-5-7-16(14,2)17;;;/h13-14H,4-12,17H2,1-3H3,(H,18,21);3*1H. The second kappa shape index (κ2) is 11.8. The van der Waals surface area contributed by atoms with Gasteiger partial charge in [-0.15, -0.1) is 37.2 Å². The molecule has 0 bridgehead atoms. The van der Waals surface area contributed by atoms with E-state index in [1.807, 2.05) is 6.92 Å². The van der Waals surface area contributed by atoms with E-state index in [2.05, 4.69) is 29.1 Å². The van der Waals surface area contributed by atoms with Crippen molar-refractivity contribution in [2.75, 3.05) is 39.8 Å². The molecular formula is C16H35Cl3N4O. The lowest BCUT2D eigenvalue weighted by Crippen LogP contribution is -2.55. The van der Waals surface area contributed by atoms with Crippen molar-refractivity contribution in [1.29, 1.82) is 0 Å². The summed E-state index contributed by atoms with van der Waals surface area (Å²) in [4.78, 5) is 17.3. The number of nitrogens with zero attached hydrogens (tertiary/aromatic N) is 2. The Hall–Kier alpha value is 0.220. The van der Waals surface area contributed by atoms with E-state index >= 15 is 0 Å². The lowest BCUT2D eigenvalue weighted by Gasteiger charge is -2.38. The smallest absolute Gasteiger partial charge is 0.225 e. The molecule has 1 aliphatic heterocycles. The maximum Gasteiger partial charge on any atom is 0.225 e. The quantitative estimate of drug-likeness (QED) is 0.750. The third-order valence-corrected chi connectivity index (χ3v) is 5.09. The molecule has 0 spiro atoms. The first-order valence-electron chi connectivity index (χ1n) is 8.38. The van der Waals surface area contributed by atoms with Crippen molar-refractivity contribution in [3.05, 3.63) is 0 Å². The number of halogens is 3. The average Bonchev–Trinajstić information content (AvgIpc) is 2.40. The van der Waals surface area contributed by atoms with Crippen LogP contribution in [0.4, 0.5) is 0 Å². The molecule has 2 rings (SSSR count). The number of nitrogens with one attached hydrogen (secondary N) is 1. The van der Waals surface area contributed by atoms with E-state index in [9.17, 15) is 4.79 Å². The topological polar surface area (TPSA) is 61.6 Å². The Balaban J connectivity index is 0. The molecule has 1 heterocycles. The summed E-state index contributed by atoms with van der Waals surface area (Å²) in [5, 5.41) is 3.19. The maximum absolute atomic E-state index is 12.5. The molecule has 146 valence electrons. The molecule has 0 aromatic heterocycles. The number of carbonyl (C=O) groups is 1. The van der Waals surface area contributed by atoms with E-state index in [0.29, 0.717) is 0 Å². The Morgan fingerprint density at radius 1 is 1.21 bits per heavy atom. The number of rotatable bonds is 4. The summed E-state index contributed by atoms with van der Waals surface area (Å²) in [6.45, 7) is 9.49. The van der Waals surface area contributed by atoms with E-state index in [1.165, 1.54) is 0 Å². The van der Waals surface area contributed by atoms with Gasteiger partial charge in [-0.1, -0.05) is 12.8 Å². The first kappa shape index (κ1) is 26.4. The van der Waals surface area contributed by atoms with Gasteiger partial charge in [0.25, 0.3) is 0 Å². The minimum atomic E-state index is -0.337. The van der Waals surface area contributed by atoms with Crippen LogP contribution in [0.25, 0.3) is 0 Å². The van der Waals surface area contributed by atoms with Crippen LogP contribution in [0.5, 0.6) is 0 Å². The Morgan fingerprint density at radius 3 is 2.33 bits per heavy atom. The number of carbonyl (C=O) groups excluding carboxylic acids is 1. The van der Waals surface area contributed by atoms with Gasteiger partial charge in [0, 0.05) is 44.3 Å². The fraction of sp³-hybridized carbons (Fsp3) is 0.938. The molecule has 1 aliphatic carbocycles. The SMILES string of the molecule is CC(CN1CCN(C)CC1)NC(=O)C1CCCCC1(C)N.Cl.Cl.Cl. The van der Waals surface area contributed by atoms with E-state index in [0.717, 1.165) is 58.4 Å². The molecule has 0 aromatic carbocycles. The summed E-state index contributed by atoms with van der Waals surface area (Å²) in [6.07, 6.45) is 4.16. The molecule has 3 N–H and O–H groups in total. The fourth-order valence-electron chi connectivity index (χ4n) is 3.60. The molecule has 2 fully saturated rings. The Labute approximate surface area is 165 Å². The predicted molar refractivity (Wildman–Crippen MR) is 108 cm³/mol. The molecule has 24 heavy (non-hydrogen) atoms. The first-order chi connectivity index (χ1) is 9.88. The van der Waals surface area contributed by atoms with Crippen LogP contribution in [0.2, 0.25) is 0 Å². The van der Waals surface area contributed by atoms with Crippen molar-refractivity contribution < 1.29 is 4.79 Å². The minimum absolute atomic E-state index is 0. The van der Waals surface area contributed by atoms with Crippen molar-refractivity contribution in [3.8, 4) is 0 Å². The van der Waals surface area contributed by atoms with E-state index in [-0.39, 0.29) is 60.6 Å². The van der Waals surface area contributed by atoms with Gasteiger partial charge >= 0.3 is 0 Å². The second-order valence-electron chi connectivity index (χ2n) is 7.32. The molecule has 3 unspecified atom stereocenters. The normalized spacial score (nSPS) is 29.4. The third kappa shape index (κ3) is 7.63. The number of amides is 1. The van der Waals surface area contributed by atoms with Gasteiger partial charge in [0.1, 0.15) is 0 Å². The van der Waals surface area contributed by atoms with Crippen molar-refractivity contribution in [1.82, 2.24) is 15.1 Å². The Bertz CT molecular complexity index is 363. The molecule has 3 atom stereocenters. The Kier molecular flexibility index (Phi) is 13.0. The van der Waals surface area contributed by atoms with E-state index in [1.54, 1.807) is 0 Å². The van der Waals surface area contributed by atoms with Crippen LogP contribution >= 0.6 is 37.2 Å². The van der Waals surface area contributed by atoms with Gasteiger partial charge in [0.15, 0.2) is 0 Å². The summed E-state index contributed by atoms with van der Waals surface area (Å²) < 4.78 is 0. The summed E-state index contributed by atoms with van der Waals surface area (Å²) >= 11 is 0. The minimum Gasteiger partial charge on any atom is -0.352 e. The number of piperazine rings is 1. The van der Waals surface area contributed by atoms with Gasteiger partial charge in [0.05, 0.1) is 5.92 Å². The monoisotopic (exact) mass is 404 g/mol. The van der Waals surface area contributed by atoms with Gasteiger partial charge in [0.2, 0.25) is 5.91 Å². The molecule has 2 aliphatic rings. The van der Waals surface area contributed by atoms with Crippen molar-refractivity contribution >= 4 is 43.1 Å². The van der Waals surface area contributed by atoms with Crippen LogP contribution in [0.15, 0.2) is 0 Å². The zero-order valence-corrected chi connectivity index (χ0v) is 17.6. The Morgan fingerprint density at radius 2 is 1.79 bits per heavy atom. The van der Waals surface area contributed by atoms with Crippen LogP contribution in [-0.2, 0) is 4.79 Å². The average molecular weight is 406 g/mol. The molecule has 1 saturated carbocycles. The maximum atomic E-state index is 12.5. The van der Waals surface area contributed by atoms with Crippen molar-refractivity contribution in [2.24, 2.45) is 11.7 Å². The number of likely N-dealkylation sites (N-methyl/N-ethyl adjacent to an activating group) is 1. The van der Waals surface area contributed by atoms with Crippen molar-refractivity contribution in [3.63, 3.8) is 0 Å². The number of hydrogen-bond donors (Lipinski definition) is 2. The van der Waals surface area contributed by atoms with Crippen LogP contribution in [0.1, 0.15) is 39.5 Å². The summed E-state index contributed by atoms with van der Waals surface area (Å²) in [5.74, 6) is 0.127. The van der Waals surface area contributed by atoms with Crippen LogP contribution < -0.4 is 11.1 Å². The highest BCUT2D eigenvalue weighted by atomic mass is 35.5. The van der Waals surface area contributed by atoms with Gasteiger partial charge in [-0.25, -0.2) is 0 Å². The lowest BCUT2D eigenvalue weighted by molar-refractivity contribution is -0.128. The molecule has 1 amide bonds. The van der Waals surface area contributed by atoms with Crippen LogP contribution in [0, 0.1) is 5.92 Å². The van der Waals surface area contributed by atoms with E-state index < -0.39 is 0 Å². The molecule has 0 aromatic rings. The highest BCUT2D eigenvalue weighted by Gasteiger charge is 2.38. The summed E-state index contributed by atoms with van der Waals surface area (Å²) in [7, 11) is 2.16. The van der Waals surface area contributed by atoms with Gasteiger partial charge in [-0.05, 0) is 33.7 Å². The lowest BCUT2D eigenvalue weighted by atomic mass is 9.74. The van der Waals surface area contributed by atoms with Crippen LogP contribution in [-0.4, -0.2) is 67.1 Å². The fourth-order valence-corrected chi connectivity index (χ4v) is 3.60. The predicted octanol–water partition coefficient (Wildman–Crippen LogP) is 1.91. The number of hydrogen-bond acceptors (Lipinski definition) is 4. The zero-order valence-electron chi connectivity index (χ0n) is 15.1. The largest absolute Gasteiger partial charge is 0.352 e. The van der Waals surface area contributed by atoms with Gasteiger partial charge in [-0.2, -0.15) is 0 Å². The highest BCUT2D eigenvalue weighted by molar-refractivity contribution is 5.86. The summed E-state index contributed by atoms with van der Waals surface area (Å²) in [6, 6.07) is 0.193.